The fraction of sp³-hybridized carbons (Fsp3) is 0.625. The second-order valence-electron chi connectivity index (χ2n) is 5.44. The molecule has 0 heterocycles. The number of nitrogens with zero attached hydrogens (tertiary/aromatic N) is 1. The first-order chi connectivity index (χ1) is 8.63. The van der Waals surface area contributed by atoms with E-state index in [1.165, 1.54) is 24.8 Å². The molecule has 0 amide bonds. The van der Waals surface area contributed by atoms with E-state index in [2.05, 4.69) is 68.5 Å². The Labute approximate surface area is 112 Å². The minimum absolute atomic E-state index is 0.424. The van der Waals surface area contributed by atoms with E-state index in [-0.39, 0.29) is 0 Å². The third-order valence-corrected chi connectivity index (χ3v) is 3.23. The van der Waals surface area contributed by atoms with Crippen LogP contribution in [0.4, 0.5) is 0 Å². The number of hydrogen-bond acceptors (Lipinski definition) is 2. The summed E-state index contributed by atoms with van der Waals surface area (Å²) in [4.78, 5) is 2.25. The summed E-state index contributed by atoms with van der Waals surface area (Å²) >= 11 is 0. The monoisotopic (exact) mass is 248 g/mol. The van der Waals surface area contributed by atoms with Crippen LogP contribution in [-0.4, -0.2) is 31.6 Å². The Balaban J connectivity index is 2.61. The summed E-state index contributed by atoms with van der Waals surface area (Å²) in [5.74, 6) is 0. The van der Waals surface area contributed by atoms with E-state index in [1.54, 1.807) is 0 Å². The molecule has 2 heteroatoms. The van der Waals surface area contributed by atoms with Gasteiger partial charge in [-0.2, -0.15) is 0 Å². The molecule has 2 unspecified atom stereocenters. The highest BCUT2D eigenvalue weighted by molar-refractivity contribution is 5.19. The van der Waals surface area contributed by atoms with Gasteiger partial charge < -0.3 is 10.2 Å². The number of hydrogen-bond donors (Lipinski definition) is 1. The highest BCUT2D eigenvalue weighted by Crippen LogP contribution is 2.15. The first kappa shape index (κ1) is 15.2. The van der Waals surface area contributed by atoms with Crippen LogP contribution in [0, 0.1) is 0 Å². The molecule has 0 aliphatic rings. The van der Waals surface area contributed by atoms with Crippen molar-refractivity contribution in [2.24, 2.45) is 0 Å². The van der Waals surface area contributed by atoms with Crippen LogP contribution in [0.3, 0.4) is 0 Å². The Morgan fingerprint density at radius 2 is 1.83 bits per heavy atom. The smallest absolute Gasteiger partial charge is 0.0451 e. The molecule has 1 aromatic rings. The lowest BCUT2D eigenvalue weighted by atomic mass is 10.0. The third-order valence-electron chi connectivity index (χ3n) is 3.23. The topological polar surface area (TPSA) is 15.3 Å². The van der Waals surface area contributed by atoms with Crippen LogP contribution in [0.5, 0.6) is 0 Å². The lowest BCUT2D eigenvalue weighted by Gasteiger charge is -2.26. The molecule has 0 saturated carbocycles. The van der Waals surface area contributed by atoms with E-state index >= 15 is 0 Å². The van der Waals surface area contributed by atoms with E-state index in [0.29, 0.717) is 12.1 Å². The molecular formula is C16H28N2. The van der Waals surface area contributed by atoms with Crippen LogP contribution < -0.4 is 5.32 Å². The van der Waals surface area contributed by atoms with Crippen LogP contribution in [0.1, 0.15) is 44.7 Å². The molecule has 0 aromatic heterocycles. The van der Waals surface area contributed by atoms with Crippen molar-refractivity contribution in [1.82, 2.24) is 10.2 Å². The first-order valence-corrected chi connectivity index (χ1v) is 7.09. The average molecular weight is 248 g/mol. The fourth-order valence-corrected chi connectivity index (χ4v) is 2.24. The Hall–Kier alpha value is -0.860. The summed E-state index contributed by atoms with van der Waals surface area (Å²) in [5, 5.41) is 3.76. The van der Waals surface area contributed by atoms with E-state index < -0.39 is 0 Å². The van der Waals surface area contributed by atoms with E-state index in [1.807, 2.05) is 0 Å². The van der Waals surface area contributed by atoms with Gasteiger partial charge in [0.1, 0.15) is 0 Å². The molecule has 2 atom stereocenters. The van der Waals surface area contributed by atoms with Gasteiger partial charge in [0.2, 0.25) is 0 Å². The maximum absolute atomic E-state index is 3.76. The Kier molecular flexibility index (Phi) is 6.99. The number of benzene rings is 1. The second-order valence-corrected chi connectivity index (χ2v) is 5.44. The van der Waals surface area contributed by atoms with Crippen LogP contribution in [-0.2, 0) is 0 Å². The summed E-state index contributed by atoms with van der Waals surface area (Å²) in [5.41, 5.74) is 1.38. The Morgan fingerprint density at radius 1 is 1.17 bits per heavy atom. The lowest BCUT2D eigenvalue weighted by molar-refractivity contribution is 0.317. The van der Waals surface area contributed by atoms with Gasteiger partial charge in [0.25, 0.3) is 0 Å². The van der Waals surface area contributed by atoms with E-state index in [0.717, 1.165) is 6.54 Å². The molecule has 0 radical (unpaired) electrons. The molecule has 0 saturated heterocycles. The van der Waals surface area contributed by atoms with E-state index in [9.17, 15) is 0 Å². The lowest BCUT2D eigenvalue weighted by Crippen LogP contribution is -2.36. The molecule has 0 fully saturated rings. The molecule has 18 heavy (non-hydrogen) atoms. The molecule has 102 valence electrons. The minimum atomic E-state index is 0.424. The normalized spacial score (nSPS) is 14.7. The summed E-state index contributed by atoms with van der Waals surface area (Å²) in [6.45, 7) is 5.59. The van der Waals surface area contributed by atoms with Gasteiger partial charge in [-0.25, -0.2) is 0 Å². The zero-order valence-corrected chi connectivity index (χ0v) is 12.3. The number of likely N-dealkylation sites (N-methyl/N-ethyl adjacent to an activating group) is 1. The van der Waals surface area contributed by atoms with Gasteiger partial charge in [-0.05, 0) is 33.0 Å². The summed E-state index contributed by atoms with van der Waals surface area (Å²) in [7, 11) is 4.27. The second kappa shape index (κ2) is 8.28. The van der Waals surface area contributed by atoms with Gasteiger partial charge in [0, 0.05) is 18.6 Å². The molecule has 0 aliphatic heterocycles. The fourth-order valence-electron chi connectivity index (χ4n) is 2.24. The number of rotatable bonds is 8. The van der Waals surface area contributed by atoms with Gasteiger partial charge >= 0.3 is 0 Å². The maximum Gasteiger partial charge on any atom is 0.0451 e. The van der Waals surface area contributed by atoms with Gasteiger partial charge in [0.15, 0.2) is 0 Å². The Bertz CT molecular complexity index is 308. The van der Waals surface area contributed by atoms with Gasteiger partial charge in [-0.3, -0.25) is 0 Å². The van der Waals surface area contributed by atoms with Crippen molar-refractivity contribution in [1.29, 1.82) is 0 Å². The highest BCUT2D eigenvalue weighted by Gasteiger charge is 2.14. The minimum Gasteiger partial charge on any atom is -0.308 e. The van der Waals surface area contributed by atoms with Crippen molar-refractivity contribution in [3.8, 4) is 0 Å². The standard InChI is InChI=1S/C16H28N2/c1-5-6-10-14(2)17-16(13-18(3)4)15-11-8-7-9-12-15/h7-9,11-12,14,16-17H,5-6,10,13H2,1-4H3. The number of nitrogens with one attached hydrogen (secondary N) is 1. The van der Waals surface area contributed by atoms with Gasteiger partial charge in [-0.1, -0.05) is 50.1 Å². The van der Waals surface area contributed by atoms with Crippen molar-refractivity contribution < 1.29 is 0 Å². The predicted octanol–water partition coefficient (Wildman–Crippen LogP) is 3.46. The number of unbranched alkanes of at least 4 members (excludes halogenated alkanes) is 1. The van der Waals surface area contributed by atoms with Gasteiger partial charge in [-0.15, -0.1) is 0 Å². The molecule has 1 rings (SSSR count). The molecule has 0 bridgehead atoms. The average Bonchev–Trinajstić information content (AvgIpc) is 2.36. The van der Waals surface area contributed by atoms with Crippen molar-refractivity contribution >= 4 is 0 Å². The molecule has 2 nitrogen and oxygen atoms in total. The predicted molar refractivity (Wildman–Crippen MR) is 79.9 cm³/mol. The largest absolute Gasteiger partial charge is 0.308 e. The molecule has 1 aromatic carbocycles. The summed E-state index contributed by atoms with van der Waals surface area (Å²) in [6.07, 6.45) is 3.83. The zero-order valence-electron chi connectivity index (χ0n) is 12.3. The summed E-state index contributed by atoms with van der Waals surface area (Å²) < 4.78 is 0. The maximum atomic E-state index is 3.76. The molecule has 0 aliphatic carbocycles. The molecular weight excluding hydrogens is 220 g/mol. The quantitative estimate of drug-likeness (QED) is 0.758. The van der Waals surface area contributed by atoms with Gasteiger partial charge in [0.05, 0.1) is 0 Å². The van der Waals surface area contributed by atoms with Crippen molar-refractivity contribution in [2.45, 2.75) is 45.2 Å². The first-order valence-electron chi connectivity index (χ1n) is 7.09. The SMILES string of the molecule is CCCCC(C)NC(CN(C)C)c1ccccc1. The van der Waals surface area contributed by atoms with Crippen molar-refractivity contribution in [3.63, 3.8) is 0 Å². The summed E-state index contributed by atoms with van der Waals surface area (Å²) in [6, 6.07) is 11.8. The van der Waals surface area contributed by atoms with Crippen LogP contribution in [0.15, 0.2) is 30.3 Å². The molecule has 1 N–H and O–H groups in total. The van der Waals surface area contributed by atoms with Crippen molar-refractivity contribution in [2.75, 3.05) is 20.6 Å². The Morgan fingerprint density at radius 3 is 2.39 bits per heavy atom. The van der Waals surface area contributed by atoms with Crippen molar-refractivity contribution in [3.05, 3.63) is 35.9 Å². The van der Waals surface area contributed by atoms with Crippen LogP contribution in [0.2, 0.25) is 0 Å². The van der Waals surface area contributed by atoms with Crippen LogP contribution >= 0.6 is 0 Å². The highest BCUT2D eigenvalue weighted by atomic mass is 15.1. The third kappa shape index (κ3) is 5.65. The van der Waals surface area contributed by atoms with Crippen LogP contribution in [0.25, 0.3) is 0 Å². The zero-order chi connectivity index (χ0) is 13.4. The van der Waals surface area contributed by atoms with E-state index in [4.69, 9.17) is 0 Å². The molecule has 0 spiro atoms.